The van der Waals surface area contributed by atoms with E-state index >= 15 is 0 Å². The number of hydrogen-bond donors (Lipinski definition) is 2. The van der Waals surface area contributed by atoms with E-state index < -0.39 is 12.1 Å². The minimum absolute atomic E-state index is 0.0142. The molecule has 0 amide bonds. The number of piperidine rings is 1. The summed E-state index contributed by atoms with van der Waals surface area (Å²) in [6.07, 6.45) is 1.72. The third-order valence-corrected chi connectivity index (χ3v) is 4.21. The number of ketones is 1. The lowest BCUT2D eigenvalue weighted by atomic mass is 9.86. The molecule has 0 spiro atoms. The molecule has 25 heavy (non-hydrogen) atoms. The summed E-state index contributed by atoms with van der Waals surface area (Å²) in [5, 5.41) is 8.78. The molecule has 3 N–H and O–H groups in total. The summed E-state index contributed by atoms with van der Waals surface area (Å²) < 4.78 is 31.5. The number of Topliss-reactive ketones (excluding diaryl/α,β-unsaturated/α-hetero) is 1. The van der Waals surface area contributed by atoms with E-state index in [9.17, 15) is 18.0 Å². The standard InChI is InChI=1S/C14H17N3O.C2HF3O2/c1-3-5-17-8-9-4-6-16(2)11-7-10(15)14(18)13(17)12(9)11;3-2(4,5)1(6)7/h3,7-8,11H,1,4-6,15H2,2H3;(H,6,7). The average Bonchev–Trinajstić information content (AvgIpc) is 2.87. The van der Waals surface area contributed by atoms with Crippen LogP contribution in [0.15, 0.2) is 47.5 Å². The van der Waals surface area contributed by atoms with Crippen LogP contribution in [0.3, 0.4) is 0 Å². The maximum Gasteiger partial charge on any atom is 0.430 e. The number of nitrogens with two attached hydrogens (primary N) is 1. The van der Waals surface area contributed by atoms with Gasteiger partial charge in [0.1, 0.15) is 18.7 Å². The van der Waals surface area contributed by atoms with Gasteiger partial charge in [0.15, 0.2) is 5.70 Å². The highest BCUT2D eigenvalue weighted by molar-refractivity contribution is 6.08. The molecule has 2 atom stereocenters. The van der Waals surface area contributed by atoms with Gasteiger partial charge in [0.25, 0.3) is 5.78 Å². The first-order chi connectivity index (χ1) is 11.6. The summed E-state index contributed by atoms with van der Waals surface area (Å²) in [5.74, 6) is -3.02. The highest BCUT2D eigenvalue weighted by Crippen LogP contribution is 2.34. The van der Waals surface area contributed by atoms with Gasteiger partial charge in [0.05, 0.1) is 11.7 Å². The maximum absolute atomic E-state index is 12.3. The zero-order valence-corrected chi connectivity index (χ0v) is 13.5. The summed E-state index contributed by atoms with van der Waals surface area (Å²) >= 11 is 0. The van der Waals surface area contributed by atoms with E-state index in [1.807, 2.05) is 12.2 Å². The molecule has 2 heterocycles. The number of nitrogens with one attached hydrogen (secondary N) is 1. The van der Waals surface area contributed by atoms with Gasteiger partial charge in [0, 0.05) is 17.7 Å². The van der Waals surface area contributed by atoms with Gasteiger partial charge in [-0.1, -0.05) is 6.58 Å². The second-order valence-corrected chi connectivity index (χ2v) is 5.89. The van der Waals surface area contributed by atoms with Gasteiger partial charge in [-0.15, -0.1) is 0 Å². The summed E-state index contributed by atoms with van der Waals surface area (Å²) in [6.45, 7) is 5.51. The van der Waals surface area contributed by atoms with Crippen molar-refractivity contribution in [2.75, 3.05) is 20.1 Å². The fraction of sp³-hybridized carbons (Fsp3) is 0.375. The molecule has 1 aliphatic carbocycles. The van der Waals surface area contributed by atoms with Crippen molar-refractivity contribution in [2.45, 2.75) is 18.6 Å². The summed E-state index contributed by atoms with van der Waals surface area (Å²) in [4.78, 5) is 24.4. The predicted molar refractivity (Wildman–Crippen MR) is 80.5 cm³/mol. The molecule has 0 saturated carbocycles. The number of rotatable bonds is 2. The molecule has 9 heteroatoms. The fourth-order valence-corrected chi connectivity index (χ4v) is 3.08. The highest BCUT2D eigenvalue weighted by atomic mass is 19.4. The molecule has 0 bridgehead atoms. The van der Waals surface area contributed by atoms with Gasteiger partial charge in [-0.2, -0.15) is 13.2 Å². The minimum Gasteiger partial charge on any atom is -0.542 e. The van der Waals surface area contributed by atoms with Crippen LogP contribution >= 0.6 is 0 Å². The van der Waals surface area contributed by atoms with Crippen LogP contribution in [0.2, 0.25) is 0 Å². The van der Waals surface area contributed by atoms with Crippen molar-refractivity contribution in [3.8, 4) is 0 Å². The number of carbonyl (C=O) groups is 2. The third kappa shape index (κ3) is 3.67. The Morgan fingerprint density at radius 1 is 1.56 bits per heavy atom. The van der Waals surface area contributed by atoms with E-state index in [4.69, 9.17) is 15.6 Å². The average molecular weight is 357 g/mol. The minimum atomic E-state index is -5.19. The molecule has 0 aromatic heterocycles. The van der Waals surface area contributed by atoms with Crippen LogP contribution in [0.4, 0.5) is 13.2 Å². The van der Waals surface area contributed by atoms with Crippen LogP contribution in [0.5, 0.6) is 0 Å². The highest BCUT2D eigenvalue weighted by Gasteiger charge is 2.44. The third-order valence-electron chi connectivity index (χ3n) is 4.21. The summed E-state index contributed by atoms with van der Waals surface area (Å²) in [5.41, 5.74) is 9.58. The number of nitrogens with zero attached hydrogens (tertiary/aromatic N) is 1. The molecule has 1 saturated heterocycles. The number of likely N-dealkylation sites (tertiary alicyclic amines) is 1. The van der Waals surface area contributed by atoms with Gasteiger partial charge >= 0.3 is 6.18 Å². The summed E-state index contributed by atoms with van der Waals surface area (Å²) in [6, 6.07) is 0.167. The number of quaternary nitrogens is 1. The van der Waals surface area contributed by atoms with Crippen LogP contribution in [0.25, 0.3) is 0 Å². The normalized spacial score (nSPS) is 25.5. The first-order valence-electron chi connectivity index (χ1n) is 7.50. The molecule has 0 aromatic rings. The van der Waals surface area contributed by atoms with E-state index in [1.165, 1.54) is 11.1 Å². The van der Waals surface area contributed by atoms with Crippen molar-refractivity contribution >= 4 is 11.8 Å². The Bertz CT molecular complexity index is 707. The monoisotopic (exact) mass is 357 g/mol. The molecule has 136 valence electrons. The molecular weight excluding hydrogens is 339 g/mol. The second-order valence-electron chi connectivity index (χ2n) is 5.89. The van der Waals surface area contributed by atoms with Gasteiger partial charge in [-0.3, -0.25) is 14.6 Å². The Balaban J connectivity index is 0.000000277. The first kappa shape index (κ1) is 18.9. The Kier molecular flexibility index (Phi) is 5.19. The molecule has 1 fully saturated rings. The van der Waals surface area contributed by atoms with Crippen molar-refractivity contribution < 1.29 is 32.8 Å². The van der Waals surface area contributed by atoms with E-state index in [0.29, 0.717) is 5.70 Å². The molecular formula is C16H18F3N3O3. The van der Waals surface area contributed by atoms with E-state index in [1.54, 1.807) is 0 Å². The Morgan fingerprint density at radius 3 is 2.68 bits per heavy atom. The number of carbonyl (C=O) groups excluding carboxylic acids is 2. The maximum atomic E-state index is 12.3. The molecule has 6 nitrogen and oxygen atoms in total. The van der Waals surface area contributed by atoms with Gasteiger partial charge in [0.2, 0.25) is 0 Å². The fourth-order valence-electron chi connectivity index (χ4n) is 3.08. The van der Waals surface area contributed by atoms with Gasteiger partial charge in [-0.05, 0) is 25.6 Å². The molecule has 3 aliphatic rings. The van der Waals surface area contributed by atoms with Gasteiger partial charge < -0.3 is 15.6 Å². The second kappa shape index (κ2) is 6.85. The van der Waals surface area contributed by atoms with Crippen LogP contribution < -0.4 is 15.7 Å². The number of hydrogen-bond acceptors (Lipinski definition) is 5. The number of likely N-dealkylation sites (N-methyl/N-ethyl adjacent to an activating group) is 1. The molecule has 2 aliphatic heterocycles. The molecule has 0 aromatic carbocycles. The van der Waals surface area contributed by atoms with Crippen molar-refractivity contribution in [1.82, 2.24) is 4.90 Å². The summed E-state index contributed by atoms with van der Waals surface area (Å²) in [7, 11) is 2.08. The van der Waals surface area contributed by atoms with Crippen molar-refractivity contribution in [3.63, 3.8) is 0 Å². The molecule has 2 unspecified atom stereocenters. The van der Waals surface area contributed by atoms with E-state index in [-0.39, 0.29) is 11.8 Å². The zero-order chi connectivity index (χ0) is 18.9. The number of halogens is 3. The topological polar surface area (TPSA) is 90.9 Å². The van der Waals surface area contributed by atoms with Crippen LogP contribution in [0, 0.1) is 0 Å². The predicted octanol–water partition coefficient (Wildman–Crippen LogP) is -1.36. The smallest absolute Gasteiger partial charge is 0.430 e. The SMILES string of the molecule is C=CC[NH+]1C=C2CCN(C)C3C=C(N)C(=O)C1=C23.O=C([O-])C(F)(F)F. The number of carboxylic acid groups (broad SMARTS) is 1. The zero-order valence-electron chi connectivity index (χ0n) is 13.5. The van der Waals surface area contributed by atoms with E-state index in [2.05, 4.69) is 24.7 Å². The number of carboxylic acids is 1. The molecule has 0 radical (unpaired) electrons. The number of aliphatic carboxylic acids is 1. The largest absolute Gasteiger partial charge is 0.542 e. The lowest BCUT2D eigenvalue weighted by molar-refractivity contribution is -0.790. The Morgan fingerprint density at radius 2 is 2.16 bits per heavy atom. The van der Waals surface area contributed by atoms with Crippen LogP contribution in [0.1, 0.15) is 6.42 Å². The number of alkyl halides is 3. The van der Waals surface area contributed by atoms with E-state index in [0.717, 1.165) is 30.1 Å². The van der Waals surface area contributed by atoms with Crippen LogP contribution in [-0.4, -0.2) is 49.0 Å². The van der Waals surface area contributed by atoms with Crippen molar-refractivity contribution in [2.24, 2.45) is 5.73 Å². The molecule has 3 rings (SSSR count). The Hall–Kier alpha value is -2.39. The van der Waals surface area contributed by atoms with Crippen molar-refractivity contribution in [1.29, 1.82) is 0 Å². The first-order valence-corrected chi connectivity index (χ1v) is 7.50. The lowest BCUT2D eigenvalue weighted by Gasteiger charge is -2.34. The van der Waals surface area contributed by atoms with Gasteiger partial charge in [-0.25, -0.2) is 0 Å². The van der Waals surface area contributed by atoms with Crippen LogP contribution in [-0.2, 0) is 9.59 Å². The Labute approximate surface area is 142 Å². The quantitative estimate of drug-likeness (QED) is 0.596. The lowest BCUT2D eigenvalue weighted by Crippen LogP contribution is -3.05. The van der Waals surface area contributed by atoms with Crippen molar-refractivity contribution in [3.05, 3.63) is 47.5 Å².